The summed E-state index contributed by atoms with van der Waals surface area (Å²) >= 11 is 6.02. The molecule has 128 valence electrons. The van der Waals surface area contributed by atoms with Crippen molar-refractivity contribution in [2.24, 2.45) is 0 Å². The second-order valence-corrected chi connectivity index (χ2v) is 5.91. The molecule has 1 heterocycles. The second kappa shape index (κ2) is 7.81. The van der Waals surface area contributed by atoms with Crippen LogP contribution in [0.4, 0.5) is 11.4 Å². The number of rotatable bonds is 7. The highest BCUT2D eigenvalue weighted by atomic mass is 35.5. The summed E-state index contributed by atoms with van der Waals surface area (Å²) in [6.45, 7) is 0.459. The molecule has 0 saturated carbocycles. The van der Waals surface area contributed by atoms with E-state index in [9.17, 15) is 4.79 Å². The van der Waals surface area contributed by atoms with Crippen molar-refractivity contribution >= 4 is 29.4 Å². The number of hydrogen-bond donors (Lipinski definition) is 1. The predicted octanol–water partition coefficient (Wildman–Crippen LogP) is 3.52. The zero-order valence-electron chi connectivity index (χ0n) is 13.6. The molecule has 0 fully saturated rings. The summed E-state index contributed by atoms with van der Waals surface area (Å²) in [5.41, 5.74) is 3.65. The van der Waals surface area contributed by atoms with Crippen molar-refractivity contribution in [3.05, 3.63) is 70.9 Å². The van der Waals surface area contributed by atoms with Gasteiger partial charge < -0.3 is 14.6 Å². The lowest BCUT2D eigenvalue weighted by Crippen LogP contribution is -2.21. The van der Waals surface area contributed by atoms with Crippen LogP contribution in [-0.4, -0.2) is 23.7 Å². The van der Waals surface area contributed by atoms with Gasteiger partial charge in [0.1, 0.15) is 0 Å². The zero-order valence-corrected chi connectivity index (χ0v) is 14.4. The highest BCUT2D eigenvalue weighted by molar-refractivity contribution is 6.31. The van der Waals surface area contributed by atoms with E-state index in [0.29, 0.717) is 23.9 Å². The van der Waals surface area contributed by atoms with Gasteiger partial charge in [-0.15, -0.1) is 10.2 Å². The molecule has 3 aromatic rings. The molecular weight excluding hydrogens is 340 g/mol. The van der Waals surface area contributed by atoms with Crippen molar-refractivity contribution in [2.45, 2.75) is 13.0 Å². The Bertz CT molecular complexity index is 835. The van der Waals surface area contributed by atoms with Crippen LogP contribution in [0.3, 0.4) is 0 Å². The number of amides is 1. The van der Waals surface area contributed by atoms with E-state index < -0.39 is 0 Å². The van der Waals surface area contributed by atoms with Gasteiger partial charge in [-0.1, -0.05) is 35.9 Å². The van der Waals surface area contributed by atoms with E-state index in [1.165, 1.54) is 6.39 Å². The molecule has 0 aliphatic carbocycles. The number of benzene rings is 2. The van der Waals surface area contributed by atoms with Crippen LogP contribution in [0.5, 0.6) is 0 Å². The first-order valence-electron chi connectivity index (χ1n) is 7.71. The third-order valence-electron chi connectivity index (χ3n) is 3.80. The fraction of sp³-hybridized carbons (Fsp3) is 0.167. The van der Waals surface area contributed by atoms with Crippen LogP contribution in [0.15, 0.2) is 53.3 Å². The molecule has 2 aromatic carbocycles. The minimum atomic E-state index is 0.459. The monoisotopic (exact) mass is 356 g/mol. The average molecular weight is 357 g/mol. The second-order valence-electron chi connectivity index (χ2n) is 5.47. The normalized spacial score (nSPS) is 10.5. The number of nitrogens with zero attached hydrogens (tertiary/aromatic N) is 3. The Morgan fingerprint density at radius 2 is 1.96 bits per heavy atom. The summed E-state index contributed by atoms with van der Waals surface area (Å²) in [4.78, 5) is 13.2. The third kappa shape index (κ3) is 4.16. The van der Waals surface area contributed by atoms with E-state index in [2.05, 4.69) is 15.5 Å². The number of carbonyl (C=O) groups excluding carboxylic acids is 1. The molecule has 0 spiro atoms. The number of halogens is 1. The van der Waals surface area contributed by atoms with Crippen molar-refractivity contribution in [1.82, 2.24) is 10.2 Å². The molecule has 1 amide bonds. The minimum Gasteiger partial charge on any atom is -0.428 e. The highest BCUT2D eigenvalue weighted by Gasteiger charge is 2.11. The first kappa shape index (κ1) is 17.0. The zero-order chi connectivity index (χ0) is 17.6. The maximum atomic E-state index is 11.6. The van der Waals surface area contributed by atoms with Gasteiger partial charge in [-0.25, -0.2) is 0 Å². The Balaban J connectivity index is 1.74. The van der Waals surface area contributed by atoms with Gasteiger partial charge in [0, 0.05) is 12.1 Å². The van der Waals surface area contributed by atoms with Gasteiger partial charge in [-0.3, -0.25) is 4.79 Å². The molecular formula is C18H17ClN4O2. The Labute approximate surface area is 150 Å². The molecule has 3 rings (SSSR count). The molecule has 25 heavy (non-hydrogen) atoms. The first-order valence-corrected chi connectivity index (χ1v) is 8.09. The smallest absolute Gasteiger partial charge is 0.220 e. The number of aromatic nitrogens is 2. The van der Waals surface area contributed by atoms with Gasteiger partial charge in [0.15, 0.2) is 0 Å². The minimum absolute atomic E-state index is 0.459. The summed E-state index contributed by atoms with van der Waals surface area (Å²) in [6, 6.07) is 13.3. The summed E-state index contributed by atoms with van der Waals surface area (Å²) in [5, 5.41) is 11.2. The lowest BCUT2D eigenvalue weighted by atomic mass is 10.1. The van der Waals surface area contributed by atoms with Gasteiger partial charge in [0.25, 0.3) is 0 Å². The first-order chi connectivity index (χ1) is 12.2. The molecule has 1 N–H and O–H groups in total. The summed E-state index contributed by atoms with van der Waals surface area (Å²) in [6.07, 6.45) is 2.71. The molecule has 0 radical (unpaired) electrons. The molecule has 0 unspecified atom stereocenters. The number of carbonyl (C=O) groups is 1. The van der Waals surface area contributed by atoms with E-state index in [0.717, 1.165) is 28.9 Å². The van der Waals surface area contributed by atoms with Crippen LogP contribution in [-0.2, 0) is 17.8 Å². The van der Waals surface area contributed by atoms with Crippen LogP contribution >= 0.6 is 11.6 Å². The van der Waals surface area contributed by atoms with E-state index in [4.69, 9.17) is 16.0 Å². The lowest BCUT2D eigenvalue weighted by molar-refractivity contribution is -0.107. The van der Waals surface area contributed by atoms with Crippen LogP contribution in [0.2, 0.25) is 5.02 Å². The van der Waals surface area contributed by atoms with Crippen molar-refractivity contribution in [3.63, 3.8) is 0 Å². The lowest BCUT2D eigenvalue weighted by Gasteiger charge is -2.21. The predicted molar refractivity (Wildman–Crippen MR) is 96.8 cm³/mol. The van der Waals surface area contributed by atoms with Crippen molar-refractivity contribution < 1.29 is 9.21 Å². The average Bonchev–Trinajstić information content (AvgIpc) is 3.14. The Hall–Kier alpha value is -2.86. The van der Waals surface area contributed by atoms with Crippen molar-refractivity contribution in [1.29, 1.82) is 0 Å². The SMILES string of the molecule is CNc1cc(Cl)ccc1N(C=O)Cc1ccc(Cc2nnco2)cc1. The fourth-order valence-electron chi connectivity index (χ4n) is 2.54. The summed E-state index contributed by atoms with van der Waals surface area (Å²) in [7, 11) is 1.80. The highest BCUT2D eigenvalue weighted by Crippen LogP contribution is 2.29. The summed E-state index contributed by atoms with van der Waals surface area (Å²) in [5.74, 6) is 0.571. The van der Waals surface area contributed by atoms with Crippen LogP contribution in [0.25, 0.3) is 0 Å². The number of hydrogen-bond acceptors (Lipinski definition) is 5. The third-order valence-corrected chi connectivity index (χ3v) is 4.04. The molecule has 6 nitrogen and oxygen atoms in total. The van der Waals surface area contributed by atoms with Crippen molar-refractivity contribution in [2.75, 3.05) is 17.3 Å². The van der Waals surface area contributed by atoms with Crippen molar-refractivity contribution in [3.8, 4) is 0 Å². The quantitative estimate of drug-likeness (QED) is 0.656. The largest absolute Gasteiger partial charge is 0.428 e. The van der Waals surface area contributed by atoms with E-state index in [-0.39, 0.29) is 0 Å². The topological polar surface area (TPSA) is 71.3 Å². The molecule has 0 aliphatic rings. The molecule has 0 saturated heterocycles. The number of nitrogens with one attached hydrogen (secondary N) is 1. The molecule has 7 heteroatoms. The van der Waals surface area contributed by atoms with Crippen LogP contribution in [0.1, 0.15) is 17.0 Å². The van der Waals surface area contributed by atoms with Gasteiger partial charge >= 0.3 is 0 Å². The molecule has 0 bridgehead atoms. The fourth-order valence-corrected chi connectivity index (χ4v) is 2.72. The molecule has 0 aliphatic heterocycles. The van der Waals surface area contributed by atoms with Gasteiger partial charge in [-0.05, 0) is 29.3 Å². The van der Waals surface area contributed by atoms with E-state index in [1.54, 1.807) is 24.1 Å². The van der Waals surface area contributed by atoms with Crippen LogP contribution < -0.4 is 10.2 Å². The molecule has 1 aromatic heterocycles. The maximum Gasteiger partial charge on any atom is 0.220 e. The standard InChI is InChI=1S/C18H17ClN4O2/c1-20-16-9-15(19)6-7-17(16)23(12-24)10-14-4-2-13(3-5-14)8-18-22-21-11-25-18/h2-7,9,11-12,20H,8,10H2,1H3. The maximum absolute atomic E-state index is 11.6. The van der Waals surface area contributed by atoms with E-state index >= 15 is 0 Å². The van der Waals surface area contributed by atoms with Crippen LogP contribution in [0, 0.1) is 0 Å². The van der Waals surface area contributed by atoms with Gasteiger partial charge in [-0.2, -0.15) is 0 Å². The Kier molecular flexibility index (Phi) is 5.30. The van der Waals surface area contributed by atoms with Gasteiger partial charge in [0.2, 0.25) is 18.7 Å². The Morgan fingerprint density at radius 1 is 1.20 bits per heavy atom. The number of anilines is 2. The Morgan fingerprint density at radius 3 is 2.60 bits per heavy atom. The molecule has 0 atom stereocenters. The van der Waals surface area contributed by atoms with E-state index in [1.807, 2.05) is 30.3 Å². The van der Waals surface area contributed by atoms with Gasteiger partial charge in [0.05, 0.1) is 24.3 Å². The summed E-state index contributed by atoms with van der Waals surface area (Å²) < 4.78 is 5.15.